The van der Waals surface area contributed by atoms with Gasteiger partial charge in [0.05, 0.1) is 6.61 Å². The minimum atomic E-state index is 0.642. The summed E-state index contributed by atoms with van der Waals surface area (Å²) in [5.41, 5.74) is 7.59. The third kappa shape index (κ3) is 4.11. The Balaban J connectivity index is 2.42. The second kappa shape index (κ2) is 6.04. The zero-order chi connectivity index (χ0) is 10.4. The van der Waals surface area contributed by atoms with Gasteiger partial charge in [0.1, 0.15) is 0 Å². The van der Waals surface area contributed by atoms with Crippen molar-refractivity contribution in [2.24, 2.45) is 0 Å². The summed E-state index contributed by atoms with van der Waals surface area (Å²) in [5, 5.41) is 0. The number of unbranched alkanes of at least 4 members (excludes halogenated alkanes) is 1. The SMILES string of the molecule is CCCCOCc1cc(N)cc(Br)c1. The normalized spacial score (nSPS) is 10.4. The molecule has 0 aliphatic heterocycles. The lowest BCUT2D eigenvalue weighted by molar-refractivity contribution is 0.118. The van der Waals surface area contributed by atoms with Gasteiger partial charge in [0.25, 0.3) is 0 Å². The van der Waals surface area contributed by atoms with Gasteiger partial charge in [-0.3, -0.25) is 0 Å². The van der Waals surface area contributed by atoms with Crippen LogP contribution in [0.25, 0.3) is 0 Å². The summed E-state index contributed by atoms with van der Waals surface area (Å²) >= 11 is 3.40. The molecule has 3 heteroatoms. The van der Waals surface area contributed by atoms with Crippen molar-refractivity contribution in [3.63, 3.8) is 0 Å². The molecule has 0 aliphatic rings. The molecule has 0 saturated carbocycles. The van der Waals surface area contributed by atoms with Gasteiger partial charge in [0.15, 0.2) is 0 Å². The van der Waals surface area contributed by atoms with Crippen LogP contribution in [0.1, 0.15) is 25.3 Å². The summed E-state index contributed by atoms with van der Waals surface area (Å²) in [4.78, 5) is 0. The van der Waals surface area contributed by atoms with Crippen molar-refractivity contribution in [3.05, 3.63) is 28.2 Å². The fourth-order valence-electron chi connectivity index (χ4n) is 1.20. The second-order valence-electron chi connectivity index (χ2n) is 3.30. The highest BCUT2D eigenvalue weighted by molar-refractivity contribution is 9.10. The number of ether oxygens (including phenoxy) is 1. The summed E-state index contributed by atoms with van der Waals surface area (Å²) in [7, 11) is 0. The molecule has 2 N–H and O–H groups in total. The number of anilines is 1. The van der Waals surface area contributed by atoms with Gasteiger partial charge in [0, 0.05) is 16.8 Å². The van der Waals surface area contributed by atoms with Crippen molar-refractivity contribution in [1.29, 1.82) is 0 Å². The van der Waals surface area contributed by atoms with E-state index in [-0.39, 0.29) is 0 Å². The Labute approximate surface area is 93.6 Å². The van der Waals surface area contributed by atoms with E-state index in [0.29, 0.717) is 6.61 Å². The minimum Gasteiger partial charge on any atom is -0.399 e. The number of nitrogen functional groups attached to an aromatic ring is 1. The van der Waals surface area contributed by atoms with Crippen molar-refractivity contribution >= 4 is 21.6 Å². The molecular weight excluding hydrogens is 242 g/mol. The first-order valence-corrected chi connectivity index (χ1v) is 5.64. The van der Waals surface area contributed by atoms with Crippen molar-refractivity contribution in [3.8, 4) is 0 Å². The summed E-state index contributed by atoms with van der Waals surface area (Å²) in [6.07, 6.45) is 2.28. The third-order valence-corrected chi connectivity index (χ3v) is 2.35. The molecule has 1 rings (SSSR count). The van der Waals surface area contributed by atoms with Gasteiger partial charge in [0.2, 0.25) is 0 Å². The fourth-order valence-corrected chi connectivity index (χ4v) is 1.75. The predicted octanol–water partition coefficient (Wildman–Crippen LogP) is 3.35. The average Bonchev–Trinajstić information content (AvgIpc) is 2.11. The van der Waals surface area contributed by atoms with E-state index < -0.39 is 0 Å². The molecule has 0 radical (unpaired) electrons. The Hall–Kier alpha value is -0.540. The van der Waals surface area contributed by atoms with Crippen LogP contribution in [-0.2, 0) is 11.3 Å². The molecule has 0 bridgehead atoms. The monoisotopic (exact) mass is 257 g/mol. The molecule has 0 spiro atoms. The lowest BCUT2D eigenvalue weighted by Gasteiger charge is -2.05. The van der Waals surface area contributed by atoms with Gasteiger partial charge in [-0.2, -0.15) is 0 Å². The molecule has 78 valence electrons. The quantitative estimate of drug-likeness (QED) is 0.649. The van der Waals surface area contributed by atoms with Crippen molar-refractivity contribution in [2.45, 2.75) is 26.4 Å². The Kier molecular flexibility index (Phi) is 4.98. The molecule has 1 aromatic carbocycles. The minimum absolute atomic E-state index is 0.642. The average molecular weight is 258 g/mol. The number of hydrogen-bond donors (Lipinski definition) is 1. The molecule has 0 aromatic heterocycles. The molecule has 0 heterocycles. The largest absolute Gasteiger partial charge is 0.399 e. The molecule has 0 saturated heterocycles. The third-order valence-electron chi connectivity index (χ3n) is 1.89. The Morgan fingerprint density at radius 3 is 2.79 bits per heavy atom. The van der Waals surface area contributed by atoms with Crippen molar-refractivity contribution < 1.29 is 4.74 Å². The Morgan fingerprint density at radius 1 is 1.36 bits per heavy atom. The van der Waals surface area contributed by atoms with E-state index in [0.717, 1.165) is 28.8 Å². The van der Waals surface area contributed by atoms with Crippen LogP contribution < -0.4 is 5.73 Å². The van der Waals surface area contributed by atoms with E-state index in [4.69, 9.17) is 10.5 Å². The summed E-state index contributed by atoms with van der Waals surface area (Å²) < 4.78 is 6.50. The number of halogens is 1. The smallest absolute Gasteiger partial charge is 0.0718 e. The molecule has 0 fully saturated rings. The standard InChI is InChI=1S/C11H16BrNO/c1-2-3-4-14-8-9-5-10(12)7-11(13)6-9/h5-7H,2-4,8,13H2,1H3. The van der Waals surface area contributed by atoms with E-state index in [1.54, 1.807) is 0 Å². The van der Waals surface area contributed by atoms with Gasteiger partial charge in [-0.1, -0.05) is 29.3 Å². The first kappa shape index (κ1) is 11.5. The van der Waals surface area contributed by atoms with Crippen LogP contribution in [-0.4, -0.2) is 6.61 Å². The fraction of sp³-hybridized carbons (Fsp3) is 0.455. The first-order chi connectivity index (χ1) is 6.72. The zero-order valence-electron chi connectivity index (χ0n) is 8.42. The molecule has 1 aromatic rings. The molecule has 0 atom stereocenters. The highest BCUT2D eigenvalue weighted by atomic mass is 79.9. The topological polar surface area (TPSA) is 35.2 Å². The van der Waals surface area contributed by atoms with E-state index in [9.17, 15) is 0 Å². The number of benzene rings is 1. The highest BCUT2D eigenvalue weighted by Gasteiger charge is 1.97. The van der Waals surface area contributed by atoms with Crippen molar-refractivity contribution in [1.82, 2.24) is 0 Å². The molecule has 0 unspecified atom stereocenters. The maximum Gasteiger partial charge on any atom is 0.0718 e. The van der Waals surface area contributed by atoms with Gasteiger partial charge < -0.3 is 10.5 Å². The molecular formula is C11H16BrNO. The second-order valence-corrected chi connectivity index (χ2v) is 4.21. The van der Waals surface area contributed by atoms with Gasteiger partial charge in [-0.05, 0) is 30.2 Å². The predicted molar refractivity (Wildman–Crippen MR) is 63.1 cm³/mol. The maximum atomic E-state index is 5.70. The van der Waals surface area contributed by atoms with Crippen LogP contribution >= 0.6 is 15.9 Å². The van der Waals surface area contributed by atoms with Crippen LogP contribution in [0.3, 0.4) is 0 Å². The number of rotatable bonds is 5. The summed E-state index contributed by atoms with van der Waals surface area (Å²) in [5.74, 6) is 0. The summed E-state index contributed by atoms with van der Waals surface area (Å²) in [6.45, 7) is 3.62. The molecule has 0 amide bonds. The van der Waals surface area contributed by atoms with E-state index in [2.05, 4.69) is 22.9 Å². The van der Waals surface area contributed by atoms with E-state index in [1.165, 1.54) is 6.42 Å². The molecule has 14 heavy (non-hydrogen) atoms. The van der Waals surface area contributed by atoms with E-state index in [1.807, 2.05) is 18.2 Å². The zero-order valence-corrected chi connectivity index (χ0v) is 10.0. The number of nitrogens with two attached hydrogens (primary N) is 1. The van der Waals surface area contributed by atoms with Gasteiger partial charge in [-0.25, -0.2) is 0 Å². The Bertz CT molecular complexity index is 268. The van der Waals surface area contributed by atoms with Crippen LogP contribution in [0.4, 0.5) is 5.69 Å². The van der Waals surface area contributed by atoms with E-state index >= 15 is 0 Å². The van der Waals surface area contributed by atoms with Gasteiger partial charge >= 0.3 is 0 Å². The first-order valence-electron chi connectivity index (χ1n) is 4.85. The van der Waals surface area contributed by atoms with Crippen molar-refractivity contribution in [2.75, 3.05) is 12.3 Å². The van der Waals surface area contributed by atoms with Crippen LogP contribution in [0.15, 0.2) is 22.7 Å². The molecule has 2 nitrogen and oxygen atoms in total. The van der Waals surface area contributed by atoms with Crippen LogP contribution in [0.5, 0.6) is 0 Å². The van der Waals surface area contributed by atoms with Crippen LogP contribution in [0, 0.1) is 0 Å². The van der Waals surface area contributed by atoms with Gasteiger partial charge in [-0.15, -0.1) is 0 Å². The lowest BCUT2D eigenvalue weighted by Crippen LogP contribution is -1.96. The number of hydrogen-bond acceptors (Lipinski definition) is 2. The molecule has 0 aliphatic carbocycles. The van der Waals surface area contributed by atoms with Crippen LogP contribution in [0.2, 0.25) is 0 Å². The summed E-state index contributed by atoms with van der Waals surface area (Å²) in [6, 6.07) is 5.86. The maximum absolute atomic E-state index is 5.70. The highest BCUT2D eigenvalue weighted by Crippen LogP contribution is 2.17. The Morgan fingerprint density at radius 2 is 2.14 bits per heavy atom. The lowest BCUT2D eigenvalue weighted by atomic mass is 10.2.